The number of nitrogens with zero attached hydrogens (tertiary/aromatic N) is 5. The molecule has 104 valence electrons. The predicted molar refractivity (Wildman–Crippen MR) is 74.9 cm³/mol. The molecule has 8 heteroatoms. The molecule has 4 N–H and O–H groups in total. The van der Waals surface area contributed by atoms with Gasteiger partial charge in [-0.2, -0.15) is 4.98 Å². The van der Waals surface area contributed by atoms with Crippen LogP contribution in [0.2, 0.25) is 0 Å². The summed E-state index contributed by atoms with van der Waals surface area (Å²) in [5.74, 6) is 1.11. The van der Waals surface area contributed by atoms with Gasteiger partial charge in [0.1, 0.15) is 5.82 Å². The van der Waals surface area contributed by atoms with E-state index in [4.69, 9.17) is 16.2 Å². The second-order valence-electron chi connectivity index (χ2n) is 4.37. The average molecular weight is 273 g/mol. The zero-order chi connectivity index (χ0) is 13.9. The Labute approximate surface area is 115 Å². The number of nitrogens with two attached hydrogens (primary N) is 2. The van der Waals surface area contributed by atoms with E-state index in [1.54, 1.807) is 18.5 Å². The molecule has 0 saturated carbocycles. The normalized spacial score (nSPS) is 15.3. The van der Waals surface area contributed by atoms with Gasteiger partial charge in [0.25, 0.3) is 0 Å². The summed E-state index contributed by atoms with van der Waals surface area (Å²) in [6, 6.07) is 1.77. The van der Waals surface area contributed by atoms with E-state index in [1.807, 2.05) is 0 Å². The molecule has 0 aromatic carbocycles. The lowest BCUT2D eigenvalue weighted by atomic mass is 10.2. The molecular formula is C12H15N7O. The van der Waals surface area contributed by atoms with Crippen molar-refractivity contribution in [2.24, 2.45) is 0 Å². The minimum atomic E-state index is 0.147. The zero-order valence-electron chi connectivity index (χ0n) is 10.9. The number of morpholine rings is 1. The highest BCUT2D eigenvalue weighted by Gasteiger charge is 2.15. The second kappa shape index (κ2) is 5.25. The summed E-state index contributed by atoms with van der Waals surface area (Å²) in [5.41, 5.74) is 12.7. The maximum absolute atomic E-state index is 5.86. The Balaban J connectivity index is 1.94. The molecule has 0 amide bonds. The van der Waals surface area contributed by atoms with Crippen molar-refractivity contribution >= 4 is 17.7 Å². The standard InChI is InChI=1S/C12H15N7O/c13-10-8(7-16-11(14)18-10)9-1-2-15-12(17-9)19-3-5-20-6-4-19/h1-2,7H,3-6H2,(H4,13,14,16,18). The van der Waals surface area contributed by atoms with E-state index in [0.717, 1.165) is 13.1 Å². The van der Waals surface area contributed by atoms with Crippen molar-refractivity contribution in [3.63, 3.8) is 0 Å². The van der Waals surface area contributed by atoms with E-state index < -0.39 is 0 Å². The molecule has 0 spiro atoms. The van der Waals surface area contributed by atoms with Crippen LogP contribution >= 0.6 is 0 Å². The molecule has 20 heavy (non-hydrogen) atoms. The Morgan fingerprint density at radius 2 is 1.90 bits per heavy atom. The van der Waals surface area contributed by atoms with Crippen LogP contribution in [0.5, 0.6) is 0 Å². The highest BCUT2D eigenvalue weighted by atomic mass is 16.5. The maximum atomic E-state index is 5.86. The fraction of sp³-hybridized carbons (Fsp3) is 0.333. The van der Waals surface area contributed by atoms with Gasteiger partial charge in [0.15, 0.2) is 0 Å². The smallest absolute Gasteiger partial charge is 0.226 e. The third-order valence-corrected chi connectivity index (χ3v) is 3.05. The number of hydrogen-bond donors (Lipinski definition) is 2. The van der Waals surface area contributed by atoms with Gasteiger partial charge in [-0.3, -0.25) is 0 Å². The number of rotatable bonds is 2. The summed E-state index contributed by atoms with van der Waals surface area (Å²) in [4.78, 5) is 18.8. The number of ether oxygens (including phenoxy) is 1. The molecule has 1 fully saturated rings. The topological polar surface area (TPSA) is 116 Å². The molecule has 1 aliphatic heterocycles. The molecule has 0 unspecified atom stereocenters. The third-order valence-electron chi connectivity index (χ3n) is 3.05. The maximum Gasteiger partial charge on any atom is 0.226 e. The molecule has 0 aliphatic carbocycles. The van der Waals surface area contributed by atoms with Gasteiger partial charge < -0.3 is 21.1 Å². The largest absolute Gasteiger partial charge is 0.383 e. The molecule has 1 saturated heterocycles. The van der Waals surface area contributed by atoms with Crippen molar-refractivity contribution in [3.05, 3.63) is 18.5 Å². The van der Waals surface area contributed by atoms with Gasteiger partial charge in [-0.25, -0.2) is 15.0 Å². The SMILES string of the molecule is Nc1ncc(-c2ccnc(N3CCOCC3)n2)c(N)n1. The summed E-state index contributed by atoms with van der Waals surface area (Å²) < 4.78 is 5.32. The first-order valence-electron chi connectivity index (χ1n) is 6.28. The predicted octanol–water partition coefficient (Wildman–Crippen LogP) is -0.0654. The van der Waals surface area contributed by atoms with Crippen molar-refractivity contribution in [2.75, 3.05) is 42.7 Å². The summed E-state index contributed by atoms with van der Waals surface area (Å²) >= 11 is 0. The van der Waals surface area contributed by atoms with Crippen LogP contribution in [0.3, 0.4) is 0 Å². The molecule has 1 aliphatic rings. The highest BCUT2D eigenvalue weighted by Crippen LogP contribution is 2.23. The quantitative estimate of drug-likeness (QED) is 0.781. The van der Waals surface area contributed by atoms with E-state index in [1.165, 1.54) is 0 Å². The highest BCUT2D eigenvalue weighted by molar-refractivity contribution is 5.71. The van der Waals surface area contributed by atoms with Crippen LogP contribution in [-0.2, 0) is 4.74 Å². The van der Waals surface area contributed by atoms with Gasteiger partial charge in [-0.1, -0.05) is 0 Å². The van der Waals surface area contributed by atoms with Crippen LogP contribution in [0.15, 0.2) is 18.5 Å². The Bertz CT molecular complexity index is 613. The monoisotopic (exact) mass is 273 g/mol. The van der Waals surface area contributed by atoms with E-state index in [2.05, 4.69) is 24.8 Å². The molecule has 2 aromatic rings. The molecule has 0 bridgehead atoms. The van der Waals surface area contributed by atoms with Crippen molar-refractivity contribution in [1.82, 2.24) is 19.9 Å². The molecule has 0 radical (unpaired) electrons. The van der Waals surface area contributed by atoms with Crippen molar-refractivity contribution in [1.29, 1.82) is 0 Å². The minimum absolute atomic E-state index is 0.147. The lowest BCUT2D eigenvalue weighted by molar-refractivity contribution is 0.122. The fourth-order valence-corrected chi connectivity index (χ4v) is 2.02. The van der Waals surface area contributed by atoms with Crippen LogP contribution < -0.4 is 16.4 Å². The van der Waals surface area contributed by atoms with Gasteiger partial charge in [0, 0.05) is 25.5 Å². The number of hydrogen-bond acceptors (Lipinski definition) is 8. The van der Waals surface area contributed by atoms with Gasteiger partial charge in [0.05, 0.1) is 24.5 Å². The van der Waals surface area contributed by atoms with Gasteiger partial charge >= 0.3 is 0 Å². The average Bonchev–Trinajstić information content (AvgIpc) is 2.48. The van der Waals surface area contributed by atoms with Gasteiger partial charge in [-0.15, -0.1) is 0 Å². The molecular weight excluding hydrogens is 258 g/mol. The van der Waals surface area contributed by atoms with Crippen molar-refractivity contribution < 1.29 is 4.74 Å². The lowest BCUT2D eigenvalue weighted by Crippen LogP contribution is -2.37. The fourth-order valence-electron chi connectivity index (χ4n) is 2.02. The summed E-state index contributed by atoms with van der Waals surface area (Å²) in [7, 11) is 0. The van der Waals surface area contributed by atoms with E-state index in [0.29, 0.717) is 36.2 Å². The Hall–Kier alpha value is -2.48. The molecule has 3 heterocycles. The Kier molecular flexibility index (Phi) is 3.30. The van der Waals surface area contributed by atoms with Crippen LogP contribution in [0.1, 0.15) is 0 Å². The Morgan fingerprint density at radius 1 is 1.10 bits per heavy atom. The van der Waals surface area contributed by atoms with Crippen LogP contribution in [0, 0.1) is 0 Å². The molecule has 2 aromatic heterocycles. The lowest BCUT2D eigenvalue weighted by Gasteiger charge is -2.26. The first kappa shape index (κ1) is 12.5. The van der Waals surface area contributed by atoms with Crippen LogP contribution in [-0.4, -0.2) is 46.2 Å². The molecule has 8 nitrogen and oxygen atoms in total. The van der Waals surface area contributed by atoms with Crippen LogP contribution in [0.25, 0.3) is 11.3 Å². The number of nitrogen functional groups attached to an aromatic ring is 2. The van der Waals surface area contributed by atoms with E-state index >= 15 is 0 Å². The minimum Gasteiger partial charge on any atom is -0.383 e. The summed E-state index contributed by atoms with van der Waals surface area (Å²) in [6.07, 6.45) is 3.27. The van der Waals surface area contributed by atoms with Crippen molar-refractivity contribution in [2.45, 2.75) is 0 Å². The number of anilines is 3. The summed E-state index contributed by atoms with van der Waals surface area (Å²) in [5, 5.41) is 0. The Morgan fingerprint density at radius 3 is 2.65 bits per heavy atom. The first-order valence-corrected chi connectivity index (χ1v) is 6.28. The summed E-state index contributed by atoms with van der Waals surface area (Å²) in [6.45, 7) is 2.91. The van der Waals surface area contributed by atoms with Gasteiger partial charge in [-0.05, 0) is 6.07 Å². The third kappa shape index (κ3) is 2.45. The van der Waals surface area contributed by atoms with E-state index in [-0.39, 0.29) is 5.95 Å². The van der Waals surface area contributed by atoms with Crippen molar-refractivity contribution in [3.8, 4) is 11.3 Å². The van der Waals surface area contributed by atoms with Crippen LogP contribution in [0.4, 0.5) is 17.7 Å². The number of aromatic nitrogens is 4. The zero-order valence-corrected chi connectivity index (χ0v) is 10.9. The second-order valence-corrected chi connectivity index (χ2v) is 4.37. The molecule has 3 rings (SSSR count). The first-order chi connectivity index (χ1) is 9.74. The van der Waals surface area contributed by atoms with E-state index in [9.17, 15) is 0 Å². The molecule has 0 atom stereocenters. The van der Waals surface area contributed by atoms with Gasteiger partial charge in [0.2, 0.25) is 11.9 Å².